The highest BCUT2D eigenvalue weighted by molar-refractivity contribution is 5.89. The van der Waals surface area contributed by atoms with Crippen LogP contribution >= 0.6 is 0 Å². The van der Waals surface area contributed by atoms with Crippen LogP contribution in [0.25, 0.3) is 22.3 Å². The van der Waals surface area contributed by atoms with E-state index in [1.54, 1.807) is 39.3 Å². The summed E-state index contributed by atoms with van der Waals surface area (Å²) >= 11 is 0. The van der Waals surface area contributed by atoms with E-state index in [4.69, 9.17) is 18.9 Å². The topological polar surface area (TPSA) is 71.1 Å². The van der Waals surface area contributed by atoms with E-state index in [1.807, 2.05) is 24.3 Å². The van der Waals surface area contributed by atoms with Crippen LogP contribution in [-0.4, -0.2) is 26.2 Å². The fraction of sp³-hybridized carbons (Fsp3) is 0.200. The summed E-state index contributed by atoms with van der Waals surface area (Å²) in [7, 11) is 3.14. The van der Waals surface area contributed by atoms with Crippen LogP contribution in [0.1, 0.15) is 25.0 Å². The van der Waals surface area contributed by atoms with Crippen molar-refractivity contribution in [1.82, 2.24) is 0 Å². The summed E-state index contributed by atoms with van der Waals surface area (Å²) in [5.41, 5.74) is 4.78. The molecule has 0 saturated carbocycles. The normalized spacial score (nSPS) is 10.6. The van der Waals surface area contributed by atoms with Gasteiger partial charge in [0.1, 0.15) is 17.3 Å². The molecular formula is C30H29FO6. The second-order valence-corrected chi connectivity index (χ2v) is 8.54. The molecule has 0 aromatic heterocycles. The number of hydrogen-bond donors (Lipinski definition) is 0. The molecule has 37 heavy (non-hydrogen) atoms. The summed E-state index contributed by atoms with van der Waals surface area (Å²) in [5, 5.41) is 0. The van der Waals surface area contributed by atoms with Crippen molar-refractivity contribution in [2.24, 2.45) is 0 Å². The highest BCUT2D eigenvalue weighted by Crippen LogP contribution is 2.35. The van der Waals surface area contributed by atoms with Gasteiger partial charge in [0.05, 0.1) is 13.2 Å². The maximum absolute atomic E-state index is 15.1. The molecule has 0 atom stereocenters. The van der Waals surface area contributed by atoms with E-state index in [0.29, 0.717) is 22.4 Å². The number of halogens is 1. The Morgan fingerprint density at radius 1 is 0.703 bits per heavy atom. The summed E-state index contributed by atoms with van der Waals surface area (Å²) in [6.45, 7) is 10.8. The van der Waals surface area contributed by atoms with Gasteiger partial charge < -0.3 is 18.9 Å². The molecule has 0 aliphatic carbocycles. The van der Waals surface area contributed by atoms with Crippen molar-refractivity contribution in [2.45, 2.75) is 27.1 Å². The van der Waals surface area contributed by atoms with Crippen molar-refractivity contribution in [3.05, 3.63) is 95.8 Å². The van der Waals surface area contributed by atoms with Crippen LogP contribution < -0.4 is 9.47 Å². The van der Waals surface area contributed by atoms with E-state index in [9.17, 15) is 9.59 Å². The molecule has 0 unspecified atom stereocenters. The molecule has 0 amide bonds. The highest BCUT2D eigenvalue weighted by atomic mass is 19.1. The van der Waals surface area contributed by atoms with Gasteiger partial charge in [-0.25, -0.2) is 14.0 Å². The Kier molecular flexibility index (Phi) is 9.11. The summed E-state index contributed by atoms with van der Waals surface area (Å²) in [4.78, 5) is 23.7. The first-order chi connectivity index (χ1) is 17.6. The molecule has 0 N–H and O–H groups in total. The Balaban J connectivity index is 2.00. The van der Waals surface area contributed by atoms with E-state index in [2.05, 4.69) is 13.2 Å². The van der Waals surface area contributed by atoms with Gasteiger partial charge in [0.15, 0.2) is 0 Å². The molecule has 0 radical (unpaired) electrons. The summed E-state index contributed by atoms with van der Waals surface area (Å²) < 4.78 is 36.3. The highest BCUT2D eigenvalue weighted by Gasteiger charge is 2.16. The van der Waals surface area contributed by atoms with Crippen molar-refractivity contribution in [3.63, 3.8) is 0 Å². The minimum Gasteiger partial charge on any atom is -0.423 e. The second-order valence-electron chi connectivity index (χ2n) is 8.54. The third kappa shape index (κ3) is 6.78. The lowest BCUT2D eigenvalue weighted by Gasteiger charge is -2.16. The van der Waals surface area contributed by atoms with Gasteiger partial charge in [0.25, 0.3) is 0 Å². The van der Waals surface area contributed by atoms with E-state index >= 15 is 4.39 Å². The van der Waals surface area contributed by atoms with Crippen molar-refractivity contribution in [1.29, 1.82) is 0 Å². The van der Waals surface area contributed by atoms with Crippen LogP contribution in [0.2, 0.25) is 0 Å². The van der Waals surface area contributed by atoms with Crippen LogP contribution in [0, 0.1) is 5.82 Å². The Labute approximate surface area is 215 Å². The Morgan fingerprint density at radius 2 is 1.19 bits per heavy atom. The van der Waals surface area contributed by atoms with Crippen LogP contribution in [0.15, 0.2) is 78.9 Å². The lowest BCUT2D eigenvalue weighted by molar-refractivity contribution is -0.130. The molecule has 3 rings (SSSR count). The maximum atomic E-state index is 15.1. The van der Waals surface area contributed by atoms with Gasteiger partial charge in [-0.1, -0.05) is 31.4 Å². The molecular weight excluding hydrogens is 475 g/mol. The zero-order valence-electron chi connectivity index (χ0n) is 21.4. The summed E-state index contributed by atoms with van der Waals surface area (Å²) in [6.07, 6.45) is 0. The molecule has 0 saturated heterocycles. The van der Waals surface area contributed by atoms with E-state index in [1.165, 1.54) is 19.1 Å². The van der Waals surface area contributed by atoms with E-state index in [0.717, 1.165) is 22.3 Å². The predicted molar refractivity (Wildman–Crippen MR) is 140 cm³/mol. The number of rotatable bonds is 10. The minimum absolute atomic E-state index is 0.0933. The average Bonchev–Trinajstić information content (AvgIpc) is 2.85. The number of hydrogen-bond acceptors (Lipinski definition) is 6. The monoisotopic (exact) mass is 504 g/mol. The van der Waals surface area contributed by atoms with Crippen LogP contribution in [0.4, 0.5) is 4.39 Å². The van der Waals surface area contributed by atoms with Crippen molar-refractivity contribution < 1.29 is 32.9 Å². The fourth-order valence-corrected chi connectivity index (χ4v) is 3.66. The minimum atomic E-state index is -0.621. The lowest BCUT2D eigenvalue weighted by atomic mass is 9.93. The Hall–Kier alpha value is -4.07. The third-order valence-electron chi connectivity index (χ3n) is 5.44. The number of carbonyl (C=O) groups excluding carboxylic acids is 2. The molecule has 192 valence electrons. The zero-order chi connectivity index (χ0) is 27.1. The van der Waals surface area contributed by atoms with E-state index in [-0.39, 0.29) is 24.5 Å². The SMILES string of the molecule is C=C(C)C(=O)Oc1ccc(-c2ccc(-c3ccc(OC(=O)C(=C)C)cc3COC)cc2COC)c(F)c1. The van der Waals surface area contributed by atoms with Gasteiger partial charge in [-0.15, -0.1) is 0 Å². The number of carbonyl (C=O) groups is 2. The molecule has 0 spiro atoms. The van der Waals surface area contributed by atoms with Gasteiger partial charge in [-0.2, -0.15) is 0 Å². The van der Waals surface area contributed by atoms with Gasteiger partial charge in [-0.05, 0) is 72.0 Å². The maximum Gasteiger partial charge on any atom is 0.338 e. The molecule has 6 nitrogen and oxygen atoms in total. The van der Waals surface area contributed by atoms with Crippen molar-refractivity contribution in [3.8, 4) is 33.8 Å². The van der Waals surface area contributed by atoms with Crippen LogP contribution in [0.3, 0.4) is 0 Å². The Bertz CT molecular complexity index is 1360. The summed E-state index contributed by atoms with van der Waals surface area (Å²) in [5.74, 6) is -1.20. The Morgan fingerprint density at radius 3 is 1.70 bits per heavy atom. The van der Waals surface area contributed by atoms with Gasteiger partial charge in [-0.3, -0.25) is 0 Å². The van der Waals surface area contributed by atoms with Gasteiger partial charge in [0, 0.05) is 37.0 Å². The second kappa shape index (κ2) is 12.3. The molecule has 0 bridgehead atoms. The molecule has 3 aromatic rings. The van der Waals surface area contributed by atoms with E-state index < -0.39 is 17.8 Å². The first-order valence-corrected chi connectivity index (χ1v) is 11.4. The van der Waals surface area contributed by atoms with Crippen molar-refractivity contribution in [2.75, 3.05) is 14.2 Å². The first kappa shape index (κ1) is 27.5. The van der Waals surface area contributed by atoms with Gasteiger partial charge in [0.2, 0.25) is 0 Å². The largest absolute Gasteiger partial charge is 0.423 e. The fourth-order valence-electron chi connectivity index (χ4n) is 3.66. The first-order valence-electron chi connectivity index (χ1n) is 11.4. The molecule has 3 aromatic carbocycles. The molecule has 0 aliphatic rings. The number of benzene rings is 3. The van der Waals surface area contributed by atoms with Gasteiger partial charge >= 0.3 is 11.9 Å². The predicted octanol–water partition coefficient (Wildman–Crippen LogP) is 6.42. The quantitative estimate of drug-likeness (QED) is 0.180. The average molecular weight is 505 g/mol. The smallest absolute Gasteiger partial charge is 0.338 e. The van der Waals surface area contributed by atoms with Crippen molar-refractivity contribution >= 4 is 11.9 Å². The third-order valence-corrected chi connectivity index (χ3v) is 5.44. The molecule has 0 heterocycles. The van der Waals surface area contributed by atoms with Crippen LogP contribution in [0.5, 0.6) is 11.5 Å². The number of methoxy groups -OCH3 is 2. The zero-order valence-corrected chi connectivity index (χ0v) is 21.4. The lowest BCUT2D eigenvalue weighted by Crippen LogP contribution is -2.08. The molecule has 7 heteroatoms. The molecule has 0 fully saturated rings. The number of esters is 2. The van der Waals surface area contributed by atoms with Crippen LogP contribution in [-0.2, 0) is 32.3 Å². The standard InChI is InChI=1S/C30H29FO6/c1-18(2)29(32)36-23-8-11-25(22(14-23)17-35-6)20-7-10-26(21(13-20)16-34-5)27-12-9-24(15-28(27)31)37-30(33)19(3)4/h7-15H,1,3,16-17H2,2,4-6H3. The number of ether oxygens (including phenoxy) is 4. The molecule has 0 aliphatic heterocycles. The summed E-state index contributed by atoms with van der Waals surface area (Å²) in [6, 6.07) is 15.1.